The molecule has 0 bridgehead atoms. The molecule has 4 aromatic carbocycles. The zero-order chi connectivity index (χ0) is 23.1. The monoisotopic (exact) mass is 448 g/mol. The first kappa shape index (κ1) is 22.5. The minimum absolute atomic E-state index is 0.219. The highest BCUT2D eigenvalue weighted by molar-refractivity contribution is 7.91. The molecule has 0 atom stereocenters. The lowest BCUT2D eigenvalue weighted by molar-refractivity contribution is 0.483. The van der Waals surface area contributed by atoms with Crippen LogP contribution in [0.2, 0.25) is 0 Å². The summed E-state index contributed by atoms with van der Waals surface area (Å²) in [5, 5.41) is 0. The van der Waals surface area contributed by atoms with Gasteiger partial charge < -0.3 is 27.7 Å². The number of hydrogen-bond acceptors (Lipinski definition) is 7. The number of sulfone groups is 1. The summed E-state index contributed by atoms with van der Waals surface area (Å²) in [5.41, 5.74) is 24.7. The fourth-order valence-corrected chi connectivity index (χ4v) is 3.90. The lowest BCUT2D eigenvalue weighted by atomic mass is 10.3. The van der Waals surface area contributed by atoms with Crippen LogP contribution in [0.3, 0.4) is 0 Å². The molecule has 8 N–H and O–H groups in total. The van der Waals surface area contributed by atoms with Crippen molar-refractivity contribution in [3.63, 3.8) is 0 Å². The standard InChI is InChI=1S/C12H12N2O2S.C12H12N2O/c13-9-1-5-11(6-2-9)17(15,16)12-7-3-10(14)4-8-12;13-9-1-5-11(6-2-9)15-12-7-3-10(14)4-8-12/h1-8H,13-14H2;1-8H,13-14H2. The van der Waals surface area contributed by atoms with E-state index in [1.165, 1.54) is 24.3 Å². The van der Waals surface area contributed by atoms with Gasteiger partial charge in [-0.3, -0.25) is 0 Å². The average Bonchev–Trinajstić information content (AvgIpc) is 2.78. The Bertz CT molecular complexity index is 1160. The Morgan fingerprint density at radius 2 is 0.688 bits per heavy atom. The van der Waals surface area contributed by atoms with E-state index in [9.17, 15) is 8.42 Å². The van der Waals surface area contributed by atoms with E-state index in [-0.39, 0.29) is 9.79 Å². The number of hydrogen-bond donors (Lipinski definition) is 4. The van der Waals surface area contributed by atoms with Crippen LogP contribution in [0.1, 0.15) is 0 Å². The van der Waals surface area contributed by atoms with Crippen molar-refractivity contribution in [2.24, 2.45) is 0 Å². The van der Waals surface area contributed by atoms with Gasteiger partial charge in [0, 0.05) is 22.7 Å². The van der Waals surface area contributed by atoms with Gasteiger partial charge in [-0.1, -0.05) is 0 Å². The summed E-state index contributed by atoms with van der Waals surface area (Å²) >= 11 is 0. The van der Waals surface area contributed by atoms with Gasteiger partial charge in [0.1, 0.15) is 11.5 Å². The van der Waals surface area contributed by atoms with Crippen LogP contribution in [-0.2, 0) is 9.84 Å². The van der Waals surface area contributed by atoms with Gasteiger partial charge in [-0.05, 0) is 97.1 Å². The summed E-state index contributed by atoms with van der Waals surface area (Å²) < 4.78 is 29.9. The Morgan fingerprint density at radius 3 is 0.969 bits per heavy atom. The second kappa shape index (κ2) is 9.76. The van der Waals surface area contributed by atoms with Crippen LogP contribution in [0.4, 0.5) is 22.7 Å². The van der Waals surface area contributed by atoms with Crippen LogP contribution in [-0.4, -0.2) is 8.42 Å². The highest BCUT2D eigenvalue weighted by Crippen LogP contribution is 2.23. The van der Waals surface area contributed by atoms with Gasteiger partial charge in [0.15, 0.2) is 0 Å². The summed E-state index contributed by atoms with van der Waals surface area (Å²) in [6.45, 7) is 0. The second-order valence-electron chi connectivity index (χ2n) is 6.88. The molecule has 4 rings (SSSR count). The molecular weight excluding hydrogens is 424 g/mol. The SMILES string of the molecule is Nc1ccc(Oc2ccc(N)cc2)cc1.Nc1ccc(S(=O)(=O)c2ccc(N)cc2)cc1. The first-order valence-electron chi connectivity index (χ1n) is 9.59. The molecule has 0 aliphatic heterocycles. The normalized spacial score (nSPS) is 10.6. The number of anilines is 4. The van der Waals surface area contributed by atoms with E-state index >= 15 is 0 Å². The first-order chi connectivity index (χ1) is 15.2. The maximum Gasteiger partial charge on any atom is 0.206 e. The fourth-order valence-electron chi connectivity index (χ4n) is 2.64. The third-order valence-corrected chi connectivity index (χ3v) is 6.16. The predicted molar refractivity (Wildman–Crippen MR) is 129 cm³/mol. The first-order valence-corrected chi connectivity index (χ1v) is 11.1. The van der Waals surface area contributed by atoms with Crippen LogP contribution in [0.25, 0.3) is 0 Å². The van der Waals surface area contributed by atoms with E-state index in [0.717, 1.165) is 22.9 Å². The van der Waals surface area contributed by atoms with E-state index in [0.29, 0.717) is 11.4 Å². The van der Waals surface area contributed by atoms with Gasteiger partial charge in [0.2, 0.25) is 9.84 Å². The number of ether oxygens (including phenoxy) is 1. The topological polar surface area (TPSA) is 147 Å². The molecule has 0 aliphatic carbocycles. The molecule has 0 spiro atoms. The van der Waals surface area contributed by atoms with Crippen molar-refractivity contribution in [2.45, 2.75) is 9.79 Å². The number of rotatable bonds is 4. The van der Waals surface area contributed by atoms with E-state index in [2.05, 4.69) is 0 Å². The van der Waals surface area contributed by atoms with Crippen molar-refractivity contribution >= 4 is 32.6 Å². The molecule has 164 valence electrons. The zero-order valence-electron chi connectivity index (χ0n) is 17.2. The molecule has 0 saturated heterocycles. The third kappa shape index (κ3) is 5.93. The number of benzene rings is 4. The van der Waals surface area contributed by atoms with E-state index in [4.69, 9.17) is 27.7 Å². The summed E-state index contributed by atoms with van der Waals surface area (Å²) in [4.78, 5) is 0.438. The molecule has 0 unspecified atom stereocenters. The molecule has 0 heterocycles. The molecule has 4 aromatic rings. The Balaban J connectivity index is 0.000000182. The Labute approximate surface area is 187 Å². The van der Waals surface area contributed by atoms with Crippen LogP contribution in [0, 0.1) is 0 Å². The Morgan fingerprint density at radius 1 is 0.438 bits per heavy atom. The summed E-state index contributed by atoms with van der Waals surface area (Å²) in [6.07, 6.45) is 0. The number of nitrogens with two attached hydrogens (primary N) is 4. The highest BCUT2D eigenvalue weighted by Gasteiger charge is 2.16. The molecule has 0 fully saturated rings. The van der Waals surface area contributed by atoms with E-state index in [1.807, 2.05) is 24.3 Å². The van der Waals surface area contributed by atoms with Gasteiger partial charge in [-0.25, -0.2) is 8.42 Å². The van der Waals surface area contributed by atoms with Crippen molar-refractivity contribution < 1.29 is 13.2 Å². The number of nitrogen functional groups attached to an aromatic ring is 4. The largest absolute Gasteiger partial charge is 0.457 e. The fraction of sp³-hybridized carbons (Fsp3) is 0. The molecule has 0 aromatic heterocycles. The predicted octanol–water partition coefficient (Wildman–Crippen LogP) is 4.33. The zero-order valence-corrected chi connectivity index (χ0v) is 18.0. The van der Waals surface area contributed by atoms with Crippen LogP contribution < -0.4 is 27.7 Å². The highest BCUT2D eigenvalue weighted by atomic mass is 32.2. The molecule has 0 radical (unpaired) electrons. The molecule has 8 heteroatoms. The minimum Gasteiger partial charge on any atom is -0.457 e. The Hall–Kier alpha value is -4.17. The van der Waals surface area contributed by atoms with Gasteiger partial charge in [-0.2, -0.15) is 0 Å². The molecule has 7 nitrogen and oxygen atoms in total. The molecule has 32 heavy (non-hydrogen) atoms. The van der Waals surface area contributed by atoms with E-state index in [1.54, 1.807) is 48.5 Å². The van der Waals surface area contributed by atoms with Crippen LogP contribution in [0.15, 0.2) is 107 Å². The second-order valence-corrected chi connectivity index (χ2v) is 8.83. The molecule has 0 amide bonds. The van der Waals surface area contributed by atoms with Crippen molar-refractivity contribution in [3.8, 4) is 11.5 Å². The average molecular weight is 449 g/mol. The van der Waals surface area contributed by atoms with Crippen LogP contribution in [0.5, 0.6) is 11.5 Å². The summed E-state index contributed by atoms with van der Waals surface area (Å²) in [5.74, 6) is 1.52. The minimum atomic E-state index is -3.48. The lowest BCUT2D eigenvalue weighted by Gasteiger charge is -2.05. The molecule has 0 saturated carbocycles. The van der Waals surface area contributed by atoms with Gasteiger partial charge in [-0.15, -0.1) is 0 Å². The lowest BCUT2D eigenvalue weighted by Crippen LogP contribution is -2.02. The summed E-state index contributed by atoms with van der Waals surface area (Å²) in [7, 11) is -3.48. The maximum absolute atomic E-state index is 12.2. The van der Waals surface area contributed by atoms with Gasteiger partial charge >= 0.3 is 0 Å². The van der Waals surface area contributed by atoms with Crippen molar-refractivity contribution in [3.05, 3.63) is 97.1 Å². The maximum atomic E-state index is 12.2. The molecule has 0 aliphatic rings. The van der Waals surface area contributed by atoms with Gasteiger partial charge in [0.25, 0.3) is 0 Å². The Kier molecular flexibility index (Phi) is 6.87. The quantitative estimate of drug-likeness (QED) is 0.340. The summed E-state index contributed by atoms with van der Waals surface area (Å²) in [6, 6.07) is 26.7. The van der Waals surface area contributed by atoms with Crippen molar-refractivity contribution in [1.29, 1.82) is 0 Å². The van der Waals surface area contributed by atoms with E-state index < -0.39 is 9.84 Å². The van der Waals surface area contributed by atoms with Crippen molar-refractivity contribution in [1.82, 2.24) is 0 Å². The smallest absolute Gasteiger partial charge is 0.206 e. The van der Waals surface area contributed by atoms with Crippen LogP contribution >= 0.6 is 0 Å². The third-order valence-electron chi connectivity index (χ3n) is 4.38. The molecular formula is C24H24N4O3S. The van der Waals surface area contributed by atoms with Crippen molar-refractivity contribution in [2.75, 3.05) is 22.9 Å². The van der Waals surface area contributed by atoms with Gasteiger partial charge in [0.05, 0.1) is 9.79 Å².